The molecule has 0 aromatic carbocycles. The Bertz CT molecular complexity index is 414. The Morgan fingerprint density at radius 1 is 1.42 bits per heavy atom. The Hall–Kier alpha value is -0.870. The van der Waals surface area contributed by atoms with E-state index in [9.17, 15) is 0 Å². The summed E-state index contributed by atoms with van der Waals surface area (Å²) in [6.45, 7) is 3.39. The summed E-state index contributed by atoms with van der Waals surface area (Å²) in [5.41, 5.74) is 1.80. The van der Waals surface area contributed by atoms with Crippen molar-refractivity contribution in [3.05, 3.63) is 18.2 Å². The fourth-order valence-corrected chi connectivity index (χ4v) is 3.56. The minimum atomic E-state index is 0.373. The van der Waals surface area contributed by atoms with Crippen LogP contribution < -0.4 is 5.32 Å². The molecule has 4 nitrogen and oxygen atoms in total. The van der Waals surface area contributed by atoms with Crippen molar-refractivity contribution >= 4 is 0 Å². The van der Waals surface area contributed by atoms with Crippen LogP contribution in [0.25, 0.3) is 0 Å². The van der Waals surface area contributed by atoms with Crippen molar-refractivity contribution in [1.29, 1.82) is 0 Å². The topological polar surface area (TPSA) is 33.1 Å². The van der Waals surface area contributed by atoms with E-state index in [-0.39, 0.29) is 0 Å². The molecule has 1 saturated carbocycles. The first kappa shape index (κ1) is 13.1. The van der Waals surface area contributed by atoms with Gasteiger partial charge in [0.15, 0.2) is 0 Å². The van der Waals surface area contributed by atoms with E-state index in [0.29, 0.717) is 11.5 Å². The normalized spacial score (nSPS) is 26.4. The molecule has 3 rings (SSSR count). The van der Waals surface area contributed by atoms with Crippen molar-refractivity contribution in [3.8, 4) is 0 Å². The van der Waals surface area contributed by atoms with Crippen molar-refractivity contribution in [2.75, 3.05) is 27.2 Å². The highest BCUT2D eigenvalue weighted by atomic mass is 15.2. The van der Waals surface area contributed by atoms with Gasteiger partial charge in [0.2, 0.25) is 0 Å². The van der Waals surface area contributed by atoms with Crippen molar-refractivity contribution in [2.24, 2.45) is 0 Å². The molecule has 1 aliphatic carbocycles. The standard InChI is InChI=1S/C15H26N4/c1-18(2)15(6-4-7-15)11-19-12-17-10-14(19)13-5-3-8-16-9-13/h10,12-13,16H,3-9,11H2,1-2H3. The first-order valence-corrected chi connectivity index (χ1v) is 7.59. The Labute approximate surface area is 116 Å². The molecule has 4 heteroatoms. The van der Waals surface area contributed by atoms with Gasteiger partial charge in [0, 0.05) is 36.4 Å². The van der Waals surface area contributed by atoms with Crippen molar-refractivity contribution in [3.63, 3.8) is 0 Å². The molecule has 1 N–H and O–H groups in total. The van der Waals surface area contributed by atoms with Gasteiger partial charge in [-0.1, -0.05) is 0 Å². The third kappa shape index (κ3) is 2.43. The lowest BCUT2D eigenvalue weighted by Gasteiger charge is -2.48. The molecule has 0 amide bonds. The highest BCUT2D eigenvalue weighted by molar-refractivity contribution is 5.10. The van der Waals surface area contributed by atoms with E-state index in [1.54, 1.807) is 0 Å². The van der Waals surface area contributed by atoms with Gasteiger partial charge in [-0.2, -0.15) is 0 Å². The molecule has 0 bridgehead atoms. The number of imidazole rings is 1. The number of aromatic nitrogens is 2. The van der Waals surface area contributed by atoms with Crippen LogP contribution in [-0.4, -0.2) is 47.2 Å². The Morgan fingerprint density at radius 2 is 2.26 bits per heavy atom. The van der Waals surface area contributed by atoms with E-state index in [1.807, 2.05) is 6.33 Å². The van der Waals surface area contributed by atoms with Crippen LogP contribution in [0.5, 0.6) is 0 Å². The smallest absolute Gasteiger partial charge is 0.0948 e. The lowest BCUT2D eigenvalue weighted by molar-refractivity contribution is 0.0413. The summed E-state index contributed by atoms with van der Waals surface area (Å²) < 4.78 is 2.41. The lowest BCUT2D eigenvalue weighted by atomic mass is 9.75. The number of piperidine rings is 1. The fourth-order valence-electron chi connectivity index (χ4n) is 3.56. The molecule has 2 heterocycles. The molecule has 0 spiro atoms. The van der Waals surface area contributed by atoms with Gasteiger partial charge in [0.05, 0.1) is 6.33 Å². The Morgan fingerprint density at radius 3 is 2.84 bits per heavy atom. The largest absolute Gasteiger partial charge is 0.332 e. The number of likely N-dealkylation sites (N-methyl/N-ethyl adjacent to an activating group) is 1. The Kier molecular flexibility index (Phi) is 3.63. The van der Waals surface area contributed by atoms with E-state index >= 15 is 0 Å². The van der Waals surface area contributed by atoms with Gasteiger partial charge in [-0.15, -0.1) is 0 Å². The number of nitrogens with zero attached hydrogens (tertiary/aromatic N) is 3. The van der Waals surface area contributed by atoms with E-state index in [2.05, 4.69) is 40.1 Å². The molecule has 1 aromatic heterocycles. The van der Waals surface area contributed by atoms with E-state index in [4.69, 9.17) is 0 Å². The fraction of sp³-hybridized carbons (Fsp3) is 0.800. The van der Waals surface area contributed by atoms with Crippen LogP contribution in [0.2, 0.25) is 0 Å². The molecule has 0 radical (unpaired) electrons. The van der Waals surface area contributed by atoms with Crippen LogP contribution in [-0.2, 0) is 6.54 Å². The Balaban J connectivity index is 1.76. The predicted molar refractivity (Wildman–Crippen MR) is 77.3 cm³/mol. The molecule has 1 saturated heterocycles. The van der Waals surface area contributed by atoms with Crippen molar-refractivity contribution in [1.82, 2.24) is 19.8 Å². The van der Waals surface area contributed by atoms with Gasteiger partial charge in [-0.25, -0.2) is 4.98 Å². The van der Waals surface area contributed by atoms with E-state index in [0.717, 1.165) is 13.1 Å². The summed E-state index contributed by atoms with van der Waals surface area (Å²) in [5, 5.41) is 3.51. The number of rotatable bonds is 4. The van der Waals surface area contributed by atoms with Gasteiger partial charge in [-0.05, 0) is 52.7 Å². The summed E-state index contributed by atoms with van der Waals surface area (Å²) in [4.78, 5) is 6.83. The molecular formula is C15H26N4. The number of hydrogen-bond acceptors (Lipinski definition) is 3. The summed E-state index contributed by atoms with van der Waals surface area (Å²) in [6, 6.07) is 0. The third-order valence-electron chi connectivity index (χ3n) is 5.16. The van der Waals surface area contributed by atoms with Crippen molar-refractivity contribution in [2.45, 2.75) is 50.1 Å². The molecule has 1 aliphatic heterocycles. The van der Waals surface area contributed by atoms with Crippen molar-refractivity contribution < 1.29 is 0 Å². The average molecular weight is 262 g/mol. The highest BCUT2D eigenvalue weighted by Gasteiger charge is 2.39. The zero-order valence-electron chi connectivity index (χ0n) is 12.2. The van der Waals surface area contributed by atoms with Crippen LogP contribution in [0.3, 0.4) is 0 Å². The number of hydrogen-bond donors (Lipinski definition) is 1. The second kappa shape index (κ2) is 5.25. The molecular weight excluding hydrogens is 236 g/mol. The summed E-state index contributed by atoms with van der Waals surface area (Å²) in [7, 11) is 4.44. The minimum absolute atomic E-state index is 0.373. The zero-order chi connectivity index (χ0) is 13.3. The predicted octanol–water partition coefficient (Wildman–Crippen LogP) is 1.83. The monoisotopic (exact) mass is 262 g/mol. The summed E-state index contributed by atoms with van der Waals surface area (Å²) in [5.74, 6) is 0.649. The molecule has 2 fully saturated rings. The third-order valence-corrected chi connectivity index (χ3v) is 5.16. The van der Waals surface area contributed by atoms with Gasteiger partial charge in [0.25, 0.3) is 0 Å². The van der Waals surface area contributed by atoms with Gasteiger partial charge in [-0.3, -0.25) is 0 Å². The highest BCUT2D eigenvalue weighted by Crippen LogP contribution is 2.38. The maximum Gasteiger partial charge on any atom is 0.0948 e. The van der Waals surface area contributed by atoms with Crippen LogP contribution in [0.4, 0.5) is 0 Å². The molecule has 1 atom stereocenters. The van der Waals surface area contributed by atoms with Gasteiger partial charge >= 0.3 is 0 Å². The van der Waals surface area contributed by atoms with Gasteiger partial charge in [0.1, 0.15) is 0 Å². The average Bonchev–Trinajstić information content (AvgIpc) is 2.82. The molecule has 19 heavy (non-hydrogen) atoms. The molecule has 1 unspecified atom stereocenters. The molecule has 2 aliphatic rings. The van der Waals surface area contributed by atoms with Crippen LogP contribution >= 0.6 is 0 Å². The SMILES string of the molecule is CN(C)C1(Cn2cncc2C2CCCNC2)CCC1. The quantitative estimate of drug-likeness (QED) is 0.899. The van der Waals surface area contributed by atoms with E-state index in [1.165, 1.54) is 44.3 Å². The van der Waals surface area contributed by atoms with E-state index < -0.39 is 0 Å². The zero-order valence-corrected chi connectivity index (χ0v) is 12.2. The van der Waals surface area contributed by atoms with Gasteiger partial charge < -0.3 is 14.8 Å². The second-order valence-electron chi connectivity index (χ2n) is 6.46. The molecule has 1 aromatic rings. The van der Waals surface area contributed by atoms with Crippen LogP contribution in [0, 0.1) is 0 Å². The maximum absolute atomic E-state index is 4.42. The molecule has 106 valence electrons. The van der Waals surface area contributed by atoms with Crippen LogP contribution in [0.15, 0.2) is 12.5 Å². The first-order chi connectivity index (χ1) is 9.21. The second-order valence-corrected chi connectivity index (χ2v) is 6.46. The first-order valence-electron chi connectivity index (χ1n) is 7.59. The lowest BCUT2D eigenvalue weighted by Crippen LogP contribution is -2.53. The number of nitrogens with one attached hydrogen (secondary N) is 1. The summed E-state index contributed by atoms with van der Waals surface area (Å²) in [6.07, 6.45) is 10.7. The maximum atomic E-state index is 4.42. The van der Waals surface area contributed by atoms with Crippen LogP contribution in [0.1, 0.15) is 43.7 Å². The minimum Gasteiger partial charge on any atom is -0.332 e. The summed E-state index contributed by atoms with van der Waals surface area (Å²) >= 11 is 0.